The van der Waals surface area contributed by atoms with Gasteiger partial charge in [0.25, 0.3) is 15.9 Å². The van der Waals surface area contributed by atoms with E-state index in [1.54, 1.807) is 54.7 Å². The van der Waals surface area contributed by atoms with Crippen LogP contribution in [0.5, 0.6) is 0 Å². The molecule has 0 fully saturated rings. The molecule has 2 N–H and O–H groups in total. The van der Waals surface area contributed by atoms with Crippen LogP contribution in [0.3, 0.4) is 0 Å². The highest BCUT2D eigenvalue weighted by molar-refractivity contribution is 7.93. The van der Waals surface area contributed by atoms with Crippen molar-refractivity contribution in [3.63, 3.8) is 0 Å². The highest BCUT2D eigenvalue weighted by Crippen LogP contribution is 2.25. The SMILES string of the molecule is C[C@H](NC(=O)c1ccccc1NS(=O)(=O)c1cccc2cccnc12)c1ccccc1. The number of hydrogen-bond donors (Lipinski definition) is 2. The molecule has 0 saturated heterocycles. The summed E-state index contributed by atoms with van der Waals surface area (Å²) in [6.45, 7) is 1.88. The number of fused-ring (bicyclic) bond motifs is 1. The summed E-state index contributed by atoms with van der Waals surface area (Å²) in [6.07, 6.45) is 1.55. The lowest BCUT2D eigenvalue weighted by molar-refractivity contribution is 0.0941. The van der Waals surface area contributed by atoms with Gasteiger partial charge in [-0.05, 0) is 36.8 Å². The molecule has 4 rings (SSSR count). The third kappa shape index (κ3) is 4.41. The van der Waals surface area contributed by atoms with E-state index in [2.05, 4.69) is 15.0 Å². The van der Waals surface area contributed by atoms with Crippen molar-refractivity contribution in [2.45, 2.75) is 17.9 Å². The van der Waals surface area contributed by atoms with E-state index in [1.165, 1.54) is 6.07 Å². The number of nitrogens with one attached hydrogen (secondary N) is 2. The van der Waals surface area contributed by atoms with Gasteiger partial charge in [0, 0.05) is 11.6 Å². The second-order valence-corrected chi connectivity index (χ2v) is 8.74. The van der Waals surface area contributed by atoms with Crippen molar-refractivity contribution in [2.75, 3.05) is 4.72 Å². The minimum atomic E-state index is -3.97. The number of para-hydroxylation sites is 2. The van der Waals surface area contributed by atoms with E-state index in [0.29, 0.717) is 10.9 Å². The normalized spacial score (nSPS) is 12.3. The maximum Gasteiger partial charge on any atom is 0.264 e. The van der Waals surface area contributed by atoms with Crippen LogP contribution in [0.15, 0.2) is 96.0 Å². The molecule has 6 nitrogen and oxygen atoms in total. The molecule has 0 bridgehead atoms. The minimum absolute atomic E-state index is 0.0541. The lowest BCUT2D eigenvalue weighted by atomic mass is 10.1. The molecular formula is C24H21N3O3S. The number of benzene rings is 3. The largest absolute Gasteiger partial charge is 0.345 e. The Bertz CT molecular complexity index is 1330. The molecule has 0 saturated carbocycles. The topological polar surface area (TPSA) is 88.2 Å². The molecule has 0 spiro atoms. The van der Waals surface area contributed by atoms with Crippen LogP contribution in [0.2, 0.25) is 0 Å². The number of hydrogen-bond acceptors (Lipinski definition) is 4. The van der Waals surface area contributed by atoms with Crippen molar-refractivity contribution in [2.24, 2.45) is 0 Å². The van der Waals surface area contributed by atoms with Gasteiger partial charge in [0.15, 0.2) is 0 Å². The van der Waals surface area contributed by atoms with Crippen molar-refractivity contribution < 1.29 is 13.2 Å². The number of pyridine rings is 1. The van der Waals surface area contributed by atoms with Crippen LogP contribution >= 0.6 is 0 Å². The molecule has 31 heavy (non-hydrogen) atoms. The van der Waals surface area contributed by atoms with Gasteiger partial charge < -0.3 is 5.32 Å². The Hall–Kier alpha value is -3.71. The van der Waals surface area contributed by atoms with Crippen LogP contribution in [-0.4, -0.2) is 19.3 Å². The van der Waals surface area contributed by atoms with Crippen LogP contribution in [0.4, 0.5) is 5.69 Å². The summed E-state index contributed by atoms with van der Waals surface area (Å²) in [7, 11) is -3.97. The van der Waals surface area contributed by atoms with E-state index in [4.69, 9.17) is 0 Å². The van der Waals surface area contributed by atoms with Gasteiger partial charge in [0.2, 0.25) is 0 Å². The van der Waals surface area contributed by atoms with Crippen LogP contribution in [0.25, 0.3) is 10.9 Å². The summed E-state index contributed by atoms with van der Waals surface area (Å²) in [5.41, 5.74) is 1.77. The Kier molecular flexibility index (Phi) is 5.68. The number of carbonyl (C=O) groups excluding carboxylic acids is 1. The van der Waals surface area contributed by atoms with E-state index in [0.717, 1.165) is 5.56 Å². The molecule has 1 amide bonds. The molecule has 1 heterocycles. The third-order valence-corrected chi connectivity index (χ3v) is 6.35. The number of carbonyl (C=O) groups is 1. The summed E-state index contributed by atoms with van der Waals surface area (Å²) in [4.78, 5) is 17.2. The highest BCUT2D eigenvalue weighted by atomic mass is 32.2. The molecular weight excluding hydrogens is 410 g/mol. The molecule has 0 aliphatic carbocycles. The van der Waals surface area contributed by atoms with Crippen molar-refractivity contribution in [1.82, 2.24) is 10.3 Å². The average molecular weight is 432 g/mol. The van der Waals surface area contributed by atoms with Gasteiger partial charge >= 0.3 is 0 Å². The Morgan fingerprint density at radius 3 is 2.39 bits per heavy atom. The van der Waals surface area contributed by atoms with Crippen LogP contribution in [-0.2, 0) is 10.0 Å². The second kappa shape index (κ2) is 8.57. The van der Waals surface area contributed by atoms with Crippen molar-refractivity contribution in [3.05, 3.63) is 102 Å². The summed E-state index contributed by atoms with van der Waals surface area (Å²) < 4.78 is 28.9. The molecule has 0 radical (unpaired) electrons. The summed E-state index contributed by atoms with van der Waals surface area (Å²) in [5, 5.41) is 3.64. The van der Waals surface area contributed by atoms with E-state index in [9.17, 15) is 13.2 Å². The first-order valence-electron chi connectivity index (χ1n) is 9.77. The molecule has 4 aromatic rings. The fourth-order valence-electron chi connectivity index (χ4n) is 3.36. The van der Waals surface area contributed by atoms with Crippen molar-refractivity contribution in [3.8, 4) is 0 Å². The van der Waals surface area contributed by atoms with Gasteiger partial charge in [0.05, 0.1) is 22.8 Å². The first-order valence-corrected chi connectivity index (χ1v) is 11.3. The zero-order valence-corrected chi connectivity index (χ0v) is 17.6. The number of rotatable bonds is 6. The van der Waals surface area contributed by atoms with Crippen LogP contribution < -0.4 is 10.0 Å². The van der Waals surface area contributed by atoms with E-state index in [1.807, 2.05) is 37.3 Å². The number of nitrogens with zero attached hydrogens (tertiary/aromatic N) is 1. The standard InChI is InChI=1S/C24H21N3O3S/c1-17(18-9-3-2-4-10-18)26-24(28)20-13-5-6-14-21(20)27-31(29,30)22-15-7-11-19-12-8-16-25-23(19)22/h2-17,27H,1H3,(H,26,28)/t17-/m0/s1. The summed E-state index contributed by atoms with van der Waals surface area (Å²) in [6, 6.07) is 24.4. The Balaban J connectivity index is 1.63. The number of amides is 1. The number of sulfonamides is 1. The smallest absolute Gasteiger partial charge is 0.264 e. The summed E-state index contributed by atoms with van der Waals surface area (Å²) in [5.74, 6) is -0.370. The average Bonchev–Trinajstić information content (AvgIpc) is 2.79. The fourth-order valence-corrected chi connectivity index (χ4v) is 4.62. The quantitative estimate of drug-likeness (QED) is 0.470. The number of aromatic nitrogens is 1. The van der Waals surface area contributed by atoms with E-state index in [-0.39, 0.29) is 28.1 Å². The molecule has 156 valence electrons. The molecule has 1 atom stereocenters. The van der Waals surface area contributed by atoms with E-state index < -0.39 is 10.0 Å². The molecule has 7 heteroatoms. The van der Waals surface area contributed by atoms with Gasteiger partial charge in [-0.3, -0.25) is 14.5 Å². The molecule has 1 aromatic heterocycles. The molecule has 0 aliphatic rings. The van der Waals surface area contributed by atoms with Gasteiger partial charge in [-0.25, -0.2) is 8.42 Å². The zero-order chi connectivity index (χ0) is 21.8. The van der Waals surface area contributed by atoms with Crippen molar-refractivity contribution >= 4 is 32.5 Å². The van der Waals surface area contributed by atoms with Gasteiger partial charge in [-0.2, -0.15) is 0 Å². The zero-order valence-electron chi connectivity index (χ0n) is 16.8. The maximum absolute atomic E-state index is 13.2. The summed E-state index contributed by atoms with van der Waals surface area (Å²) >= 11 is 0. The molecule has 0 unspecified atom stereocenters. The first kappa shape index (κ1) is 20.6. The number of anilines is 1. The second-order valence-electron chi connectivity index (χ2n) is 7.09. The predicted octanol–water partition coefficient (Wildman–Crippen LogP) is 4.53. The van der Waals surface area contributed by atoms with Gasteiger partial charge in [-0.1, -0.05) is 60.7 Å². The van der Waals surface area contributed by atoms with Gasteiger partial charge in [-0.15, -0.1) is 0 Å². The highest BCUT2D eigenvalue weighted by Gasteiger charge is 2.22. The lowest BCUT2D eigenvalue weighted by Gasteiger charge is -2.17. The monoisotopic (exact) mass is 431 g/mol. The third-order valence-electron chi connectivity index (χ3n) is 4.95. The van der Waals surface area contributed by atoms with Crippen LogP contribution in [0.1, 0.15) is 28.9 Å². The lowest BCUT2D eigenvalue weighted by Crippen LogP contribution is -2.28. The fraction of sp³-hybridized carbons (Fsp3) is 0.0833. The van der Waals surface area contributed by atoms with Crippen molar-refractivity contribution in [1.29, 1.82) is 0 Å². The Morgan fingerprint density at radius 1 is 0.871 bits per heavy atom. The molecule has 0 aliphatic heterocycles. The maximum atomic E-state index is 13.2. The predicted molar refractivity (Wildman–Crippen MR) is 121 cm³/mol. The minimum Gasteiger partial charge on any atom is -0.345 e. The van der Waals surface area contributed by atoms with Gasteiger partial charge in [0.1, 0.15) is 4.90 Å². The first-order chi connectivity index (χ1) is 15.0. The molecule has 3 aromatic carbocycles. The van der Waals surface area contributed by atoms with E-state index >= 15 is 0 Å². The Labute approximate surface area is 181 Å². The Morgan fingerprint density at radius 2 is 1.58 bits per heavy atom. The van der Waals surface area contributed by atoms with Crippen LogP contribution in [0, 0.1) is 0 Å².